The Kier molecular flexibility index (Phi) is 5.52. The van der Waals surface area contributed by atoms with Crippen LogP contribution in [0, 0.1) is 6.92 Å². The van der Waals surface area contributed by atoms with Crippen LogP contribution in [0.3, 0.4) is 0 Å². The molecule has 1 amide bonds. The zero-order chi connectivity index (χ0) is 20.3. The molecule has 9 nitrogen and oxygen atoms in total. The molecule has 0 radical (unpaired) electrons. The highest BCUT2D eigenvalue weighted by Gasteiger charge is 2.23. The van der Waals surface area contributed by atoms with Crippen molar-refractivity contribution in [2.24, 2.45) is 0 Å². The first-order valence-electron chi connectivity index (χ1n) is 8.29. The van der Waals surface area contributed by atoms with E-state index in [0.29, 0.717) is 17.0 Å². The molecule has 1 heterocycles. The molecule has 0 atom stereocenters. The summed E-state index contributed by atoms with van der Waals surface area (Å²) in [5.74, 6) is -0.766. The van der Waals surface area contributed by atoms with Crippen LogP contribution in [0.15, 0.2) is 41.3 Å². The second-order valence-electron chi connectivity index (χ2n) is 6.03. The summed E-state index contributed by atoms with van der Waals surface area (Å²) in [6.07, 6.45) is 0. The molecule has 0 saturated carbocycles. The number of amides is 1. The number of anilines is 1. The quantitative estimate of drug-likeness (QED) is 0.592. The fraction of sp³-hybridized carbons (Fsp3) is 0.222. The van der Waals surface area contributed by atoms with Gasteiger partial charge in [-0.05, 0) is 36.8 Å². The fourth-order valence-corrected chi connectivity index (χ4v) is 3.90. The SMILES string of the molecule is Cc1cc2c(cc1S(=O)(=O)NCCOc1cccc(C(=O)O)c1)OCC(=O)N2. The molecule has 2 aromatic carbocycles. The van der Waals surface area contributed by atoms with Gasteiger partial charge in [0.2, 0.25) is 10.0 Å². The van der Waals surface area contributed by atoms with Crippen molar-refractivity contribution in [1.82, 2.24) is 4.72 Å². The van der Waals surface area contributed by atoms with Gasteiger partial charge in [0.25, 0.3) is 5.91 Å². The number of carbonyl (C=O) groups is 2. The number of aryl methyl sites for hydroxylation is 1. The number of carboxylic acid groups (broad SMARTS) is 1. The van der Waals surface area contributed by atoms with Crippen molar-refractivity contribution < 1.29 is 32.6 Å². The van der Waals surface area contributed by atoms with Gasteiger partial charge < -0.3 is 19.9 Å². The van der Waals surface area contributed by atoms with E-state index in [0.717, 1.165) is 0 Å². The van der Waals surface area contributed by atoms with Crippen LogP contribution >= 0.6 is 0 Å². The average Bonchev–Trinajstić information content (AvgIpc) is 2.64. The largest absolute Gasteiger partial charge is 0.492 e. The molecule has 28 heavy (non-hydrogen) atoms. The summed E-state index contributed by atoms with van der Waals surface area (Å²) in [5.41, 5.74) is 0.955. The van der Waals surface area contributed by atoms with Crippen LogP contribution in [-0.4, -0.2) is 45.2 Å². The Morgan fingerprint density at radius 1 is 1.32 bits per heavy atom. The van der Waals surface area contributed by atoms with E-state index in [-0.39, 0.29) is 41.9 Å². The lowest BCUT2D eigenvalue weighted by Gasteiger charge is -2.20. The Morgan fingerprint density at radius 3 is 2.86 bits per heavy atom. The van der Waals surface area contributed by atoms with E-state index < -0.39 is 16.0 Å². The van der Waals surface area contributed by atoms with Gasteiger partial charge in [0, 0.05) is 12.6 Å². The molecule has 10 heteroatoms. The molecular weight excluding hydrogens is 388 g/mol. The molecule has 3 rings (SSSR count). The van der Waals surface area contributed by atoms with Gasteiger partial charge >= 0.3 is 5.97 Å². The number of sulfonamides is 1. The molecule has 0 saturated heterocycles. The number of hydrogen-bond acceptors (Lipinski definition) is 6. The number of aromatic carboxylic acids is 1. The van der Waals surface area contributed by atoms with Gasteiger partial charge in [-0.15, -0.1) is 0 Å². The summed E-state index contributed by atoms with van der Waals surface area (Å²) >= 11 is 0. The van der Waals surface area contributed by atoms with Crippen LogP contribution in [0.1, 0.15) is 15.9 Å². The predicted octanol–water partition coefficient (Wildman–Crippen LogP) is 1.38. The van der Waals surface area contributed by atoms with Gasteiger partial charge in [0.05, 0.1) is 16.1 Å². The highest BCUT2D eigenvalue weighted by Crippen LogP contribution is 2.32. The van der Waals surface area contributed by atoms with Gasteiger partial charge in [0.1, 0.15) is 18.1 Å². The van der Waals surface area contributed by atoms with Crippen molar-refractivity contribution in [2.75, 3.05) is 25.1 Å². The summed E-state index contributed by atoms with van der Waals surface area (Å²) in [4.78, 5) is 22.3. The van der Waals surface area contributed by atoms with E-state index in [1.807, 2.05) is 0 Å². The zero-order valence-electron chi connectivity index (χ0n) is 14.9. The Bertz CT molecular complexity index is 1030. The van der Waals surface area contributed by atoms with Crippen LogP contribution in [-0.2, 0) is 14.8 Å². The van der Waals surface area contributed by atoms with E-state index in [1.54, 1.807) is 13.0 Å². The second kappa shape index (κ2) is 7.87. The standard InChI is InChI=1S/C18H18N2O7S/c1-11-7-14-15(27-10-17(21)20-14)9-16(11)28(24,25)19-5-6-26-13-4-2-3-12(8-13)18(22)23/h2-4,7-9,19H,5-6,10H2,1H3,(H,20,21)(H,22,23). The molecule has 148 valence electrons. The van der Waals surface area contributed by atoms with Crippen molar-refractivity contribution >= 4 is 27.6 Å². The van der Waals surface area contributed by atoms with E-state index in [4.69, 9.17) is 14.6 Å². The van der Waals surface area contributed by atoms with E-state index in [9.17, 15) is 18.0 Å². The fourth-order valence-electron chi connectivity index (χ4n) is 2.65. The molecule has 3 N–H and O–H groups in total. The van der Waals surface area contributed by atoms with Crippen LogP contribution in [0.4, 0.5) is 5.69 Å². The van der Waals surface area contributed by atoms with E-state index in [2.05, 4.69) is 10.0 Å². The summed E-state index contributed by atoms with van der Waals surface area (Å²) in [6.45, 7) is 1.43. The van der Waals surface area contributed by atoms with Crippen LogP contribution in [0.2, 0.25) is 0 Å². The predicted molar refractivity (Wildman–Crippen MR) is 99.4 cm³/mol. The highest BCUT2D eigenvalue weighted by atomic mass is 32.2. The van der Waals surface area contributed by atoms with Gasteiger partial charge in [-0.25, -0.2) is 17.9 Å². The minimum atomic E-state index is -3.83. The molecule has 0 unspecified atom stereocenters. The van der Waals surface area contributed by atoms with Crippen LogP contribution < -0.4 is 19.5 Å². The number of carboxylic acids is 1. The third-order valence-corrected chi connectivity index (χ3v) is 5.55. The molecule has 0 aliphatic carbocycles. The first-order chi connectivity index (χ1) is 13.3. The lowest BCUT2D eigenvalue weighted by molar-refractivity contribution is -0.118. The third kappa shape index (κ3) is 4.41. The Labute approximate surface area is 161 Å². The molecule has 0 spiro atoms. The molecule has 0 bridgehead atoms. The molecule has 2 aromatic rings. The van der Waals surface area contributed by atoms with Crippen molar-refractivity contribution in [3.8, 4) is 11.5 Å². The summed E-state index contributed by atoms with van der Waals surface area (Å²) in [6, 6.07) is 8.81. The van der Waals surface area contributed by atoms with Gasteiger partial charge in [-0.1, -0.05) is 6.07 Å². The topological polar surface area (TPSA) is 131 Å². The third-order valence-electron chi connectivity index (χ3n) is 3.94. The number of nitrogens with one attached hydrogen (secondary N) is 2. The van der Waals surface area contributed by atoms with E-state index >= 15 is 0 Å². The Morgan fingerprint density at radius 2 is 2.11 bits per heavy atom. The maximum atomic E-state index is 12.6. The van der Waals surface area contributed by atoms with Crippen LogP contribution in [0.25, 0.3) is 0 Å². The first kappa shape index (κ1) is 19.6. The summed E-state index contributed by atoms with van der Waals surface area (Å²) < 4.78 is 38.2. The minimum absolute atomic E-state index is 0.0127. The smallest absolute Gasteiger partial charge is 0.335 e. The minimum Gasteiger partial charge on any atom is -0.492 e. The monoisotopic (exact) mass is 406 g/mol. The number of ether oxygens (including phenoxy) is 2. The molecule has 1 aliphatic rings. The molecule has 1 aliphatic heterocycles. The van der Waals surface area contributed by atoms with Crippen molar-refractivity contribution in [2.45, 2.75) is 11.8 Å². The number of fused-ring (bicyclic) bond motifs is 1. The van der Waals surface area contributed by atoms with Crippen molar-refractivity contribution in [1.29, 1.82) is 0 Å². The number of benzene rings is 2. The lowest BCUT2D eigenvalue weighted by Crippen LogP contribution is -2.30. The molecular formula is C18H18N2O7S. The average molecular weight is 406 g/mol. The van der Waals surface area contributed by atoms with Gasteiger partial charge in [-0.2, -0.15) is 0 Å². The van der Waals surface area contributed by atoms with Crippen LogP contribution in [0.5, 0.6) is 11.5 Å². The zero-order valence-corrected chi connectivity index (χ0v) is 15.7. The Balaban J connectivity index is 1.64. The number of hydrogen-bond donors (Lipinski definition) is 3. The maximum Gasteiger partial charge on any atom is 0.335 e. The summed E-state index contributed by atoms with van der Waals surface area (Å²) in [7, 11) is -3.83. The first-order valence-corrected chi connectivity index (χ1v) is 9.78. The van der Waals surface area contributed by atoms with Gasteiger partial charge in [0.15, 0.2) is 6.61 Å². The summed E-state index contributed by atoms with van der Waals surface area (Å²) in [5, 5.41) is 11.6. The van der Waals surface area contributed by atoms with Crippen molar-refractivity contribution in [3.63, 3.8) is 0 Å². The molecule has 0 aromatic heterocycles. The van der Waals surface area contributed by atoms with Crippen molar-refractivity contribution in [3.05, 3.63) is 47.5 Å². The number of carbonyl (C=O) groups excluding carboxylic acids is 1. The highest BCUT2D eigenvalue weighted by molar-refractivity contribution is 7.89. The second-order valence-corrected chi connectivity index (χ2v) is 7.77. The lowest BCUT2D eigenvalue weighted by atomic mass is 10.2. The maximum absolute atomic E-state index is 12.6. The molecule has 0 fully saturated rings. The normalized spacial score (nSPS) is 13.2. The number of rotatable bonds is 7. The Hall–Kier alpha value is -3.11. The van der Waals surface area contributed by atoms with Gasteiger partial charge in [-0.3, -0.25) is 4.79 Å². The van der Waals surface area contributed by atoms with E-state index in [1.165, 1.54) is 30.3 Å².